The Balaban J connectivity index is 1.82. The number of epoxide rings is 2. The van der Waals surface area contributed by atoms with E-state index in [9.17, 15) is 4.79 Å². The molecule has 0 N–H and O–H groups in total. The zero-order valence-electron chi connectivity index (χ0n) is 13.6. The molecule has 118 valence electrons. The van der Waals surface area contributed by atoms with Crippen LogP contribution >= 0.6 is 0 Å². The van der Waals surface area contributed by atoms with Gasteiger partial charge in [0, 0.05) is 13.0 Å². The molecule has 3 aliphatic rings. The fraction of sp³-hybridized carbons (Fsp3) is 0.824. The third kappa shape index (κ3) is 2.37. The number of ether oxygens (including phenoxy) is 3. The Labute approximate surface area is 126 Å². The van der Waals surface area contributed by atoms with Crippen molar-refractivity contribution in [2.45, 2.75) is 63.9 Å². The van der Waals surface area contributed by atoms with Gasteiger partial charge in [0.25, 0.3) is 0 Å². The van der Waals surface area contributed by atoms with Crippen molar-refractivity contribution in [3.63, 3.8) is 0 Å². The Morgan fingerprint density at radius 1 is 1.48 bits per heavy atom. The highest BCUT2D eigenvalue weighted by Gasteiger charge is 2.72. The molecule has 1 spiro atoms. The van der Waals surface area contributed by atoms with Gasteiger partial charge in [0.1, 0.15) is 17.3 Å². The zero-order valence-corrected chi connectivity index (χ0v) is 13.6. The van der Waals surface area contributed by atoms with Crippen LogP contribution in [0.1, 0.15) is 40.5 Å². The SMILES string of the molecule is CO[C@@H]1C(=O)C(C)C[C@]2(CO2)[C@H]1C1(C)O[C@@H]1CC=C(C)C. The molecule has 0 bridgehead atoms. The number of hydrogen-bond donors (Lipinski definition) is 0. The summed E-state index contributed by atoms with van der Waals surface area (Å²) in [7, 11) is 1.63. The second-order valence-electron chi connectivity index (χ2n) is 7.30. The van der Waals surface area contributed by atoms with Gasteiger partial charge >= 0.3 is 0 Å². The Morgan fingerprint density at radius 2 is 2.14 bits per heavy atom. The third-order valence-corrected chi connectivity index (χ3v) is 5.39. The van der Waals surface area contributed by atoms with E-state index in [0.29, 0.717) is 0 Å². The fourth-order valence-corrected chi connectivity index (χ4v) is 4.10. The maximum Gasteiger partial charge on any atom is 0.164 e. The average Bonchev–Trinajstić information content (AvgIpc) is 3.31. The molecule has 2 saturated heterocycles. The summed E-state index contributed by atoms with van der Waals surface area (Å²) in [6.07, 6.45) is 3.65. The molecule has 0 aromatic rings. The molecule has 0 aromatic carbocycles. The summed E-state index contributed by atoms with van der Waals surface area (Å²) in [5, 5.41) is 0. The highest BCUT2D eigenvalue weighted by Crippen LogP contribution is 2.59. The lowest BCUT2D eigenvalue weighted by Crippen LogP contribution is -2.55. The summed E-state index contributed by atoms with van der Waals surface area (Å²) in [4.78, 5) is 12.5. The molecular formula is C17H26O4. The van der Waals surface area contributed by atoms with Gasteiger partial charge in [-0.15, -0.1) is 0 Å². The summed E-state index contributed by atoms with van der Waals surface area (Å²) in [5.74, 6) is 0.211. The third-order valence-electron chi connectivity index (χ3n) is 5.39. The van der Waals surface area contributed by atoms with Crippen molar-refractivity contribution >= 4 is 5.78 Å². The van der Waals surface area contributed by atoms with Crippen LogP contribution in [0.4, 0.5) is 0 Å². The molecule has 1 saturated carbocycles. The van der Waals surface area contributed by atoms with Crippen LogP contribution in [0.2, 0.25) is 0 Å². The van der Waals surface area contributed by atoms with Crippen LogP contribution in [0, 0.1) is 11.8 Å². The summed E-state index contributed by atoms with van der Waals surface area (Å²) in [5.41, 5.74) is 0.781. The number of rotatable bonds is 4. The predicted molar refractivity (Wildman–Crippen MR) is 79.1 cm³/mol. The second kappa shape index (κ2) is 4.90. The molecular weight excluding hydrogens is 268 g/mol. The molecule has 4 nitrogen and oxygen atoms in total. The molecule has 4 heteroatoms. The van der Waals surface area contributed by atoms with Gasteiger partial charge in [0.2, 0.25) is 0 Å². The van der Waals surface area contributed by atoms with Gasteiger partial charge in [-0.05, 0) is 33.6 Å². The summed E-state index contributed by atoms with van der Waals surface area (Å²) < 4.78 is 17.4. The molecule has 6 atom stereocenters. The van der Waals surface area contributed by atoms with E-state index in [1.807, 2.05) is 6.92 Å². The zero-order chi connectivity index (χ0) is 15.4. The first-order valence-electron chi connectivity index (χ1n) is 7.86. The van der Waals surface area contributed by atoms with E-state index < -0.39 is 6.10 Å². The normalized spacial score (nSPS) is 48.3. The van der Waals surface area contributed by atoms with Gasteiger partial charge in [-0.25, -0.2) is 0 Å². The van der Waals surface area contributed by atoms with E-state index in [2.05, 4.69) is 26.8 Å². The molecule has 2 unspecified atom stereocenters. The van der Waals surface area contributed by atoms with Gasteiger partial charge in [0.05, 0.1) is 18.6 Å². The minimum Gasteiger partial charge on any atom is -0.373 e. The number of carbonyl (C=O) groups is 1. The maximum atomic E-state index is 12.5. The Morgan fingerprint density at radius 3 is 2.67 bits per heavy atom. The van der Waals surface area contributed by atoms with E-state index in [-0.39, 0.29) is 34.9 Å². The van der Waals surface area contributed by atoms with Crippen LogP contribution in [-0.2, 0) is 19.0 Å². The first-order chi connectivity index (χ1) is 9.84. The quantitative estimate of drug-likeness (QED) is 0.590. The van der Waals surface area contributed by atoms with Gasteiger partial charge in [-0.3, -0.25) is 4.79 Å². The molecule has 0 aromatic heterocycles. The molecule has 0 radical (unpaired) electrons. The predicted octanol–water partition coefficient (Wildman–Crippen LogP) is 2.51. The molecule has 2 aliphatic heterocycles. The average molecular weight is 294 g/mol. The van der Waals surface area contributed by atoms with E-state index in [1.54, 1.807) is 7.11 Å². The topological polar surface area (TPSA) is 51.4 Å². The fourth-order valence-electron chi connectivity index (χ4n) is 4.10. The number of ketones is 1. The molecule has 3 fully saturated rings. The van der Waals surface area contributed by atoms with Crippen molar-refractivity contribution in [2.75, 3.05) is 13.7 Å². The van der Waals surface area contributed by atoms with Crippen LogP contribution in [-0.4, -0.2) is 42.9 Å². The minimum absolute atomic E-state index is 0.00674. The molecule has 21 heavy (non-hydrogen) atoms. The van der Waals surface area contributed by atoms with Crippen molar-refractivity contribution in [1.82, 2.24) is 0 Å². The van der Waals surface area contributed by atoms with E-state index in [1.165, 1.54) is 5.57 Å². The van der Waals surface area contributed by atoms with E-state index >= 15 is 0 Å². The van der Waals surface area contributed by atoms with Gasteiger partial charge < -0.3 is 14.2 Å². The van der Waals surface area contributed by atoms with Crippen molar-refractivity contribution < 1.29 is 19.0 Å². The monoisotopic (exact) mass is 294 g/mol. The number of carbonyl (C=O) groups excluding carboxylic acids is 1. The summed E-state index contributed by atoms with van der Waals surface area (Å²) in [6.45, 7) is 9.00. The summed E-state index contributed by atoms with van der Waals surface area (Å²) >= 11 is 0. The van der Waals surface area contributed by atoms with E-state index in [4.69, 9.17) is 14.2 Å². The number of methoxy groups -OCH3 is 1. The lowest BCUT2D eigenvalue weighted by atomic mass is 9.66. The standard InChI is InChI=1S/C17H26O4/c1-10(2)6-7-12-16(4,21-12)15-14(19-5)13(18)11(3)8-17(15)9-20-17/h6,11-12,14-15H,7-9H2,1-5H3/t11?,12-,14-,15-,16?,17+/m1/s1. The van der Waals surface area contributed by atoms with Crippen LogP contribution in [0.15, 0.2) is 11.6 Å². The van der Waals surface area contributed by atoms with Crippen LogP contribution in [0.3, 0.4) is 0 Å². The smallest absolute Gasteiger partial charge is 0.164 e. The number of Topliss-reactive ketones (excluding diaryl/α,β-unsaturated/α-hetero) is 1. The highest BCUT2D eigenvalue weighted by atomic mass is 16.6. The molecule has 2 heterocycles. The van der Waals surface area contributed by atoms with Crippen molar-refractivity contribution in [3.8, 4) is 0 Å². The largest absolute Gasteiger partial charge is 0.373 e. The number of allylic oxidation sites excluding steroid dienone is 1. The second-order valence-corrected chi connectivity index (χ2v) is 7.30. The Hall–Kier alpha value is -0.710. The number of hydrogen-bond acceptors (Lipinski definition) is 4. The van der Waals surface area contributed by atoms with Crippen molar-refractivity contribution in [2.24, 2.45) is 11.8 Å². The molecule has 3 rings (SSSR count). The van der Waals surface area contributed by atoms with Crippen LogP contribution in [0.25, 0.3) is 0 Å². The maximum absolute atomic E-state index is 12.5. The van der Waals surface area contributed by atoms with Crippen LogP contribution in [0.5, 0.6) is 0 Å². The van der Waals surface area contributed by atoms with Crippen molar-refractivity contribution in [3.05, 3.63) is 11.6 Å². The van der Waals surface area contributed by atoms with Crippen LogP contribution < -0.4 is 0 Å². The summed E-state index contributed by atoms with van der Waals surface area (Å²) in [6, 6.07) is 0. The van der Waals surface area contributed by atoms with Gasteiger partial charge in [0.15, 0.2) is 5.78 Å². The Bertz CT molecular complexity index is 475. The van der Waals surface area contributed by atoms with Gasteiger partial charge in [-0.1, -0.05) is 18.6 Å². The Kier molecular flexibility index (Phi) is 3.55. The molecule has 1 aliphatic carbocycles. The lowest BCUT2D eigenvalue weighted by molar-refractivity contribution is -0.148. The minimum atomic E-state index is -0.405. The lowest BCUT2D eigenvalue weighted by Gasteiger charge is -2.40. The van der Waals surface area contributed by atoms with E-state index in [0.717, 1.165) is 19.4 Å². The highest BCUT2D eigenvalue weighted by molar-refractivity contribution is 5.87. The molecule has 0 amide bonds. The van der Waals surface area contributed by atoms with Crippen molar-refractivity contribution in [1.29, 1.82) is 0 Å². The first kappa shape index (κ1) is 15.2. The first-order valence-corrected chi connectivity index (χ1v) is 7.86. The van der Waals surface area contributed by atoms with Gasteiger partial charge in [-0.2, -0.15) is 0 Å².